The normalized spacial score (nSPS) is 19.2. The summed E-state index contributed by atoms with van der Waals surface area (Å²) in [4.78, 5) is 18.2. The summed E-state index contributed by atoms with van der Waals surface area (Å²) in [7, 11) is 0. The van der Waals surface area contributed by atoms with Crippen molar-refractivity contribution in [3.05, 3.63) is 28.5 Å². The van der Waals surface area contributed by atoms with Gasteiger partial charge in [-0.1, -0.05) is 11.6 Å². The smallest absolute Gasteiger partial charge is 0.410 e. The molecule has 0 saturated carbocycles. The molecule has 0 N–H and O–H groups in total. The number of aryl methyl sites for hydroxylation is 1. The summed E-state index contributed by atoms with van der Waals surface area (Å²) in [6.45, 7) is 8.36. The molecule has 1 aliphatic heterocycles. The molecule has 1 fully saturated rings. The molecule has 0 aromatic carbocycles. The summed E-state index contributed by atoms with van der Waals surface area (Å²) in [5.74, 6) is 0. The first kappa shape index (κ1) is 15.1. The second-order valence-electron chi connectivity index (χ2n) is 6.20. The van der Waals surface area contributed by atoms with Gasteiger partial charge in [-0.25, -0.2) is 9.78 Å². The molecule has 1 aromatic heterocycles. The second-order valence-corrected chi connectivity index (χ2v) is 6.58. The van der Waals surface area contributed by atoms with Crippen molar-refractivity contribution in [2.75, 3.05) is 6.54 Å². The summed E-state index contributed by atoms with van der Waals surface area (Å²) in [5.41, 5.74) is 1.64. The number of halogens is 1. The Balaban J connectivity index is 2.21. The average Bonchev–Trinajstić information content (AvgIpc) is 2.75. The van der Waals surface area contributed by atoms with Crippen LogP contribution in [0.5, 0.6) is 0 Å². The van der Waals surface area contributed by atoms with E-state index < -0.39 is 5.60 Å². The molecule has 0 radical (unpaired) electrons. The van der Waals surface area contributed by atoms with Crippen LogP contribution in [0.15, 0.2) is 12.3 Å². The van der Waals surface area contributed by atoms with Gasteiger partial charge in [0, 0.05) is 12.7 Å². The van der Waals surface area contributed by atoms with E-state index in [0.29, 0.717) is 5.15 Å². The monoisotopic (exact) mass is 296 g/mol. The van der Waals surface area contributed by atoms with Crippen molar-refractivity contribution in [2.24, 2.45) is 0 Å². The van der Waals surface area contributed by atoms with Crippen molar-refractivity contribution < 1.29 is 9.53 Å². The zero-order valence-electron chi connectivity index (χ0n) is 12.4. The molecule has 5 heteroatoms. The molecule has 4 nitrogen and oxygen atoms in total. The number of ether oxygens (including phenoxy) is 1. The fourth-order valence-electron chi connectivity index (χ4n) is 2.51. The lowest BCUT2D eigenvalue weighted by atomic mass is 10.0. The van der Waals surface area contributed by atoms with Crippen LogP contribution in [0.3, 0.4) is 0 Å². The standard InChI is InChI=1S/C15H21ClN2O2/c1-10-8-13(16)17-9-11(10)12-6-5-7-18(12)14(19)20-15(2,3)4/h8-9,12H,5-7H2,1-4H3. The van der Waals surface area contributed by atoms with Gasteiger partial charge < -0.3 is 9.64 Å². The third-order valence-electron chi connectivity index (χ3n) is 3.36. The Labute approximate surface area is 125 Å². The highest BCUT2D eigenvalue weighted by Crippen LogP contribution is 2.34. The Bertz CT molecular complexity index is 511. The van der Waals surface area contributed by atoms with E-state index in [1.165, 1.54) is 0 Å². The number of rotatable bonds is 1. The van der Waals surface area contributed by atoms with Gasteiger partial charge in [0.25, 0.3) is 0 Å². The molecule has 20 heavy (non-hydrogen) atoms. The van der Waals surface area contributed by atoms with Crippen LogP contribution in [-0.2, 0) is 4.74 Å². The van der Waals surface area contributed by atoms with Crippen LogP contribution >= 0.6 is 11.6 Å². The fraction of sp³-hybridized carbons (Fsp3) is 0.600. The molecular weight excluding hydrogens is 276 g/mol. The number of carbonyl (C=O) groups excluding carboxylic acids is 1. The maximum absolute atomic E-state index is 12.3. The van der Waals surface area contributed by atoms with Gasteiger partial charge in [-0.15, -0.1) is 0 Å². The number of hydrogen-bond donors (Lipinski definition) is 0. The van der Waals surface area contributed by atoms with Gasteiger partial charge in [-0.05, 0) is 57.7 Å². The van der Waals surface area contributed by atoms with Gasteiger partial charge in [-0.2, -0.15) is 0 Å². The van der Waals surface area contributed by atoms with Crippen molar-refractivity contribution in [1.82, 2.24) is 9.88 Å². The molecule has 1 amide bonds. The summed E-state index contributed by atoms with van der Waals surface area (Å²) < 4.78 is 5.48. The molecule has 110 valence electrons. The summed E-state index contributed by atoms with van der Waals surface area (Å²) in [5, 5.41) is 0.480. The third kappa shape index (κ3) is 3.42. The lowest BCUT2D eigenvalue weighted by molar-refractivity contribution is 0.0224. The number of carbonyl (C=O) groups is 1. The van der Waals surface area contributed by atoms with Crippen LogP contribution in [0.2, 0.25) is 5.15 Å². The fourth-order valence-corrected chi connectivity index (χ4v) is 2.72. The van der Waals surface area contributed by atoms with E-state index in [4.69, 9.17) is 16.3 Å². The van der Waals surface area contributed by atoms with Crippen LogP contribution in [0.4, 0.5) is 4.79 Å². The third-order valence-corrected chi connectivity index (χ3v) is 3.56. The van der Waals surface area contributed by atoms with Crippen LogP contribution in [0.1, 0.15) is 50.8 Å². The van der Waals surface area contributed by atoms with E-state index in [0.717, 1.165) is 30.5 Å². The number of aromatic nitrogens is 1. The van der Waals surface area contributed by atoms with Gasteiger partial charge in [0.15, 0.2) is 0 Å². The molecule has 2 rings (SSSR count). The van der Waals surface area contributed by atoms with Crippen molar-refractivity contribution in [2.45, 2.75) is 52.2 Å². The molecule has 1 unspecified atom stereocenters. The van der Waals surface area contributed by atoms with Crippen molar-refractivity contribution >= 4 is 17.7 Å². The maximum atomic E-state index is 12.3. The molecule has 1 aromatic rings. The summed E-state index contributed by atoms with van der Waals surface area (Å²) >= 11 is 5.89. The topological polar surface area (TPSA) is 42.4 Å². The largest absolute Gasteiger partial charge is 0.444 e. The quantitative estimate of drug-likeness (QED) is 0.732. The average molecular weight is 297 g/mol. The Morgan fingerprint density at radius 2 is 2.20 bits per heavy atom. The highest BCUT2D eigenvalue weighted by atomic mass is 35.5. The second kappa shape index (κ2) is 5.60. The molecular formula is C15H21ClN2O2. The molecule has 0 bridgehead atoms. The van der Waals surface area contributed by atoms with E-state index in [1.807, 2.05) is 33.8 Å². The summed E-state index contributed by atoms with van der Waals surface area (Å²) in [6, 6.07) is 1.87. The number of hydrogen-bond acceptors (Lipinski definition) is 3. The van der Waals surface area contributed by atoms with E-state index in [9.17, 15) is 4.79 Å². The van der Waals surface area contributed by atoms with Gasteiger partial charge in [0.1, 0.15) is 10.8 Å². The lowest BCUT2D eigenvalue weighted by Crippen LogP contribution is -2.36. The number of amides is 1. The first-order valence-electron chi connectivity index (χ1n) is 6.89. The minimum absolute atomic E-state index is 0.0367. The van der Waals surface area contributed by atoms with Gasteiger partial charge >= 0.3 is 6.09 Å². The minimum Gasteiger partial charge on any atom is -0.444 e. The summed E-state index contributed by atoms with van der Waals surface area (Å²) in [6.07, 6.45) is 3.43. The maximum Gasteiger partial charge on any atom is 0.410 e. The van der Waals surface area contributed by atoms with Crippen molar-refractivity contribution in [3.63, 3.8) is 0 Å². The van der Waals surface area contributed by atoms with E-state index in [-0.39, 0.29) is 12.1 Å². The molecule has 2 heterocycles. The minimum atomic E-state index is -0.475. The van der Waals surface area contributed by atoms with Crippen LogP contribution < -0.4 is 0 Å². The van der Waals surface area contributed by atoms with Crippen LogP contribution in [0.25, 0.3) is 0 Å². The predicted molar refractivity (Wildman–Crippen MR) is 78.9 cm³/mol. The Morgan fingerprint density at radius 1 is 1.50 bits per heavy atom. The van der Waals surface area contributed by atoms with Gasteiger partial charge in [0.2, 0.25) is 0 Å². The predicted octanol–water partition coefficient (Wildman–Crippen LogP) is 4.12. The molecule has 1 aliphatic rings. The van der Waals surface area contributed by atoms with E-state index >= 15 is 0 Å². The number of likely N-dealkylation sites (tertiary alicyclic amines) is 1. The van der Waals surface area contributed by atoms with Gasteiger partial charge in [-0.3, -0.25) is 0 Å². The zero-order valence-corrected chi connectivity index (χ0v) is 13.2. The van der Waals surface area contributed by atoms with Gasteiger partial charge in [0.05, 0.1) is 6.04 Å². The number of nitrogens with zero attached hydrogens (tertiary/aromatic N) is 2. The SMILES string of the molecule is Cc1cc(Cl)ncc1C1CCCN1C(=O)OC(C)(C)C. The molecule has 0 spiro atoms. The Morgan fingerprint density at radius 3 is 2.80 bits per heavy atom. The Kier molecular flexibility index (Phi) is 4.23. The highest BCUT2D eigenvalue weighted by Gasteiger charge is 2.33. The molecule has 0 aliphatic carbocycles. The Hall–Kier alpha value is -1.29. The first-order chi connectivity index (χ1) is 9.28. The van der Waals surface area contributed by atoms with Crippen LogP contribution in [-0.4, -0.2) is 28.1 Å². The zero-order chi connectivity index (χ0) is 14.9. The van der Waals surface area contributed by atoms with Crippen LogP contribution in [0, 0.1) is 6.92 Å². The van der Waals surface area contributed by atoms with E-state index in [1.54, 1.807) is 11.1 Å². The van der Waals surface area contributed by atoms with E-state index in [2.05, 4.69) is 4.98 Å². The molecule has 1 atom stereocenters. The first-order valence-corrected chi connectivity index (χ1v) is 7.27. The van der Waals surface area contributed by atoms with Crippen molar-refractivity contribution in [1.29, 1.82) is 0 Å². The van der Waals surface area contributed by atoms with Crippen molar-refractivity contribution in [3.8, 4) is 0 Å². The lowest BCUT2D eigenvalue weighted by Gasteiger charge is -2.29. The number of pyridine rings is 1. The highest BCUT2D eigenvalue weighted by molar-refractivity contribution is 6.29. The molecule has 1 saturated heterocycles.